The van der Waals surface area contributed by atoms with Crippen LogP contribution in [0.1, 0.15) is 12.5 Å². The van der Waals surface area contributed by atoms with Crippen LogP contribution < -0.4 is 5.32 Å². The highest BCUT2D eigenvalue weighted by atomic mass is 16.6. The number of hydrogen-bond acceptors (Lipinski definition) is 4. The highest BCUT2D eigenvalue weighted by Gasteiger charge is 2.03. The van der Waals surface area contributed by atoms with Gasteiger partial charge in [0.25, 0.3) is 5.69 Å². The van der Waals surface area contributed by atoms with Crippen LogP contribution in [0.5, 0.6) is 0 Å². The van der Waals surface area contributed by atoms with Gasteiger partial charge in [0, 0.05) is 25.2 Å². The Bertz CT molecular complexity index is 322. The number of aliphatic hydroxyl groups excluding tert-OH is 1. The zero-order valence-electron chi connectivity index (χ0n) is 8.51. The molecule has 1 rings (SSSR count). The van der Waals surface area contributed by atoms with Gasteiger partial charge in [0.1, 0.15) is 0 Å². The number of nitrogens with zero attached hydrogens (tertiary/aromatic N) is 1. The summed E-state index contributed by atoms with van der Waals surface area (Å²) in [5.41, 5.74) is 1.05. The Morgan fingerprint density at radius 2 is 2.07 bits per heavy atom. The van der Waals surface area contributed by atoms with Crippen LogP contribution in [0.25, 0.3) is 0 Å². The molecule has 0 spiro atoms. The molecule has 2 N–H and O–H groups in total. The maximum atomic E-state index is 10.4. The molecule has 0 aliphatic rings. The lowest BCUT2D eigenvalue weighted by molar-refractivity contribution is -0.384. The van der Waals surface area contributed by atoms with Crippen LogP contribution in [-0.4, -0.2) is 22.7 Å². The fourth-order valence-electron chi connectivity index (χ4n) is 1.16. The zero-order chi connectivity index (χ0) is 11.3. The van der Waals surface area contributed by atoms with Crippen LogP contribution in [0.3, 0.4) is 0 Å². The van der Waals surface area contributed by atoms with Crippen LogP contribution in [0.15, 0.2) is 24.3 Å². The Balaban J connectivity index is 2.46. The third kappa shape index (κ3) is 4.05. The topological polar surface area (TPSA) is 75.4 Å². The molecule has 0 saturated carbocycles. The largest absolute Gasteiger partial charge is 0.392 e. The van der Waals surface area contributed by atoms with Gasteiger partial charge >= 0.3 is 0 Å². The number of hydrogen-bond donors (Lipinski definition) is 2. The summed E-state index contributed by atoms with van der Waals surface area (Å²) >= 11 is 0. The molecule has 0 unspecified atom stereocenters. The van der Waals surface area contributed by atoms with E-state index in [-0.39, 0.29) is 11.8 Å². The van der Waals surface area contributed by atoms with Gasteiger partial charge in [0.2, 0.25) is 0 Å². The molecule has 0 heterocycles. The van der Waals surface area contributed by atoms with Gasteiger partial charge in [-0.2, -0.15) is 0 Å². The summed E-state index contributed by atoms with van der Waals surface area (Å²) < 4.78 is 0. The van der Waals surface area contributed by atoms with Crippen LogP contribution in [0.4, 0.5) is 5.69 Å². The van der Waals surface area contributed by atoms with E-state index in [0.717, 1.165) is 5.56 Å². The third-order valence-electron chi connectivity index (χ3n) is 1.92. The number of nitro groups is 1. The summed E-state index contributed by atoms with van der Waals surface area (Å²) in [6, 6.07) is 6.35. The minimum atomic E-state index is -0.424. The Kier molecular flexibility index (Phi) is 4.20. The summed E-state index contributed by atoms with van der Waals surface area (Å²) in [6.07, 6.45) is -0.386. The van der Waals surface area contributed by atoms with Crippen molar-refractivity contribution in [1.82, 2.24) is 5.32 Å². The summed E-state index contributed by atoms with van der Waals surface area (Å²) in [5, 5.41) is 22.4. The molecule has 0 saturated heterocycles. The van der Waals surface area contributed by atoms with Gasteiger partial charge < -0.3 is 10.4 Å². The first-order chi connectivity index (χ1) is 7.09. The first-order valence-electron chi connectivity index (χ1n) is 4.71. The highest BCUT2D eigenvalue weighted by Crippen LogP contribution is 2.11. The predicted octanol–water partition coefficient (Wildman–Crippen LogP) is 1.07. The first kappa shape index (κ1) is 11.6. The smallest absolute Gasteiger partial charge is 0.269 e. The van der Waals surface area contributed by atoms with Gasteiger partial charge in [0.15, 0.2) is 0 Å². The van der Waals surface area contributed by atoms with Gasteiger partial charge in [-0.1, -0.05) is 12.1 Å². The van der Waals surface area contributed by atoms with Gasteiger partial charge in [-0.05, 0) is 12.5 Å². The van der Waals surface area contributed by atoms with E-state index in [1.54, 1.807) is 19.1 Å². The minimum absolute atomic E-state index is 0.0919. The standard InChI is InChI=1S/C10H14N2O3/c1-8(13)6-11-7-9-2-4-10(5-3-9)12(14)15/h2-5,8,11,13H,6-7H2,1H3/t8-/m1/s1. The Labute approximate surface area is 87.9 Å². The number of nitrogens with one attached hydrogen (secondary N) is 1. The van der Waals surface area contributed by atoms with Crippen molar-refractivity contribution in [3.05, 3.63) is 39.9 Å². The van der Waals surface area contributed by atoms with Gasteiger partial charge in [-0.25, -0.2) is 0 Å². The molecule has 15 heavy (non-hydrogen) atoms. The van der Waals surface area contributed by atoms with Crippen LogP contribution >= 0.6 is 0 Å². The molecule has 82 valence electrons. The number of nitro benzene ring substituents is 1. The van der Waals surface area contributed by atoms with Crippen molar-refractivity contribution in [3.8, 4) is 0 Å². The predicted molar refractivity (Wildman–Crippen MR) is 56.5 cm³/mol. The second-order valence-corrected chi connectivity index (χ2v) is 3.40. The normalized spacial score (nSPS) is 12.4. The van der Waals surface area contributed by atoms with E-state index in [4.69, 9.17) is 5.11 Å². The van der Waals surface area contributed by atoms with E-state index in [9.17, 15) is 10.1 Å². The number of benzene rings is 1. The lowest BCUT2D eigenvalue weighted by Crippen LogP contribution is -2.23. The van der Waals surface area contributed by atoms with E-state index in [2.05, 4.69) is 5.32 Å². The molecular weight excluding hydrogens is 196 g/mol. The molecular formula is C10H14N2O3. The number of rotatable bonds is 5. The maximum Gasteiger partial charge on any atom is 0.269 e. The van der Waals surface area contributed by atoms with E-state index in [1.165, 1.54) is 12.1 Å². The van der Waals surface area contributed by atoms with Crippen LogP contribution in [0, 0.1) is 10.1 Å². The average Bonchev–Trinajstić information content (AvgIpc) is 2.18. The molecule has 1 aromatic carbocycles. The lowest BCUT2D eigenvalue weighted by Gasteiger charge is -2.06. The summed E-state index contributed by atoms with van der Waals surface area (Å²) in [4.78, 5) is 9.95. The average molecular weight is 210 g/mol. The van der Waals surface area contributed by atoms with Crippen molar-refractivity contribution in [2.75, 3.05) is 6.54 Å². The quantitative estimate of drug-likeness (QED) is 0.563. The second kappa shape index (κ2) is 5.43. The lowest BCUT2D eigenvalue weighted by atomic mass is 10.2. The van der Waals surface area contributed by atoms with Crippen molar-refractivity contribution in [2.45, 2.75) is 19.6 Å². The van der Waals surface area contributed by atoms with Crippen molar-refractivity contribution >= 4 is 5.69 Å². The highest BCUT2D eigenvalue weighted by molar-refractivity contribution is 5.32. The molecule has 0 aromatic heterocycles. The van der Waals surface area contributed by atoms with Crippen molar-refractivity contribution in [1.29, 1.82) is 0 Å². The minimum Gasteiger partial charge on any atom is -0.392 e. The maximum absolute atomic E-state index is 10.4. The summed E-state index contributed by atoms with van der Waals surface area (Å²) in [6.45, 7) is 2.81. The van der Waals surface area contributed by atoms with E-state index < -0.39 is 4.92 Å². The molecule has 0 amide bonds. The first-order valence-corrected chi connectivity index (χ1v) is 4.71. The Morgan fingerprint density at radius 3 is 2.53 bits per heavy atom. The van der Waals surface area contributed by atoms with Crippen LogP contribution in [0.2, 0.25) is 0 Å². The number of aliphatic hydroxyl groups is 1. The third-order valence-corrected chi connectivity index (χ3v) is 1.92. The molecule has 0 radical (unpaired) electrons. The van der Waals surface area contributed by atoms with Crippen molar-refractivity contribution < 1.29 is 10.0 Å². The van der Waals surface area contributed by atoms with Gasteiger partial charge in [-0.15, -0.1) is 0 Å². The fourth-order valence-corrected chi connectivity index (χ4v) is 1.16. The van der Waals surface area contributed by atoms with Crippen molar-refractivity contribution in [3.63, 3.8) is 0 Å². The molecule has 0 aliphatic carbocycles. The molecule has 5 nitrogen and oxygen atoms in total. The van der Waals surface area contributed by atoms with E-state index in [0.29, 0.717) is 13.1 Å². The Morgan fingerprint density at radius 1 is 1.47 bits per heavy atom. The monoisotopic (exact) mass is 210 g/mol. The van der Waals surface area contributed by atoms with E-state index in [1.807, 2.05) is 0 Å². The number of non-ortho nitro benzene ring substituents is 1. The van der Waals surface area contributed by atoms with E-state index >= 15 is 0 Å². The summed E-state index contributed by atoms with van der Waals surface area (Å²) in [7, 11) is 0. The zero-order valence-corrected chi connectivity index (χ0v) is 8.51. The van der Waals surface area contributed by atoms with Gasteiger partial charge in [-0.3, -0.25) is 10.1 Å². The molecule has 1 atom stereocenters. The molecule has 0 bridgehead atoms. The molecule has 5 heteroatoms. The summed E-state index contributed by atoms with van der Waals surface area (Å²) in [5.74, 6) is 0. The molecule has 0 fully saturated rings. The molecule has 1 aromatic rings. The van der Waals surface area contributed by atoms with Crippen molar-refractivity contribution in [2.24, 2.45) is 0 Å². The fraction of sp³-hybridized carbons (Fsp3) is 0.400. The van der Waals surface area contributed by atoms with Crippen LogP contribution in [-0.2, 0) is 6.54 Å². The SMILES string of the molecule is C[C@@H](O)CNCc1ccc([N+](=O)[O-])cc1. The molecule has 0 aliphatic heterocycles. The Hall–Kier alpha value is -1.46. The second-order valence-electron chi connectivity index (χ2n) is 3.40. The van der Waals surface area contributed by atoms with Gasteiger partial charge in [0.05, 0.1) is 11.0 Å².